The summed E-state index contributed by atoms with van der Waals surface area (Å²) in [5.74, 6) is 3.00. The molecule has 5 heteroatoms. The monoisotopic (exact) mass is 530 g/mol. The smallest absolute Gasteiger partial charge is 0.130 e. The minimum absolute atomic E-state index is 0.00498. The summed E-state index contributed by atoms with van der Waals surface area (Å²) in [5.41, 5.74) is 5.79. The Morgan fingerprint density at radius 3 is 2.87 bits per heavy atom. The zero-order chi connectivity index (χ0) is 26.8. The number of hydrogen-bond donors (Lipinski definition) is 2. The molecule has 2 N–H and O–H groups in total. The number of fused-ring (bicyclic) bond motifs is 3. The molecule has 0 aromatic carbocycles. The van der Waals surface area contributed by atoms with Gasteiger partial charge in [-0.25, -0.2) is 0 Å². The lowest BCUT2D eigenvalue weighted by molar-refractivity contribution is 0.00498. The van der Waals surface area contributed by atoms with E-state index in [0.29, 0.717) is 11.8 Å². The number of hydrogen-bond acceptors (Lipinski definition) is 5. The van der Waals surface area contributed by atoms with Gasteiger partial charge in [-0.05, 0) is 79.7 Å². The van der Waals surface area contributed by atoms with Gasteiger partial charge in [0, 0.05) is 18.3 Å². The van der Waals surface area contributed by atoms with Crippen molar-refractivity contribution in [1.82, 2.24) is 5.32 Å². The maximum absolute atomic E-state index is 10.8. The van der Waals surface area contributed by atoms with Crippen molar-refractivity contribution in [3.63, 3.8) is 0 Å². The number of aliphatic hydroxyl groups excluding tert-OH is 1. The lowest BCUT2D eigenvalue weighted by Crippen LogP contribution is -2.50. The van der Waals surface area contributed by atoms with Gasteiger partial charge in [-0.1, -0.05) is 69.1 Å². The number of amidine groups is 1. The van der Waals surface area contributed by atoms with Crippen molar-refractivity contribution in [1.29, 1.82) is 0 Å². The Morgan fingerprint density at radius 1 is 1.10 bits per heavy atom. The second-order valence-corrected chi connectivity index (χ2v) is 12.2. The number of ether oxygens (including phenoxy) is 2. The molecule has 0 saturated heterocycles. The fourth-order valence-corrected chi connectivity index (χ4v) is 7.28. The molecule has 2 heterocycles. The van der Waals surface area contributed by atoms with E-state index in [2.05, 4.69) is 55.6 Å². The van der Waals surface area contributed by atoms with Crippen molar-refractivity contribution in [2.75, 3.05) is 6.61 Å². The maximum Gasteiger partial charge on any atom is 0.130 e. The first kappa shape index (κ1) is 26.8. The predicted molar refractivity (Wildman–Crippen MR) is 157 cm³/mol. The quantitative estimate of drug-likeness (QED) is 0.321. The van der Waals surface area contributed by atoms with E-state index in [0.717, 1.165) is 69.6 Å². The normalized spacial score (nSPS) is 34.0. The second-order valence-electron chi connectivity index (χ2n) is 12.2. The predicted octanol–water partition coefficient (Wildman–Crippen LogP) is 6.84. The summed E-state index contributed by atoms with van der Waals surface area (Å²) in [7, 11) is 0. The zero-order valence-electron chi connectivity index (χ0n) is 23.8. The van der Waals surface area contributed by atoms with Crippen LogP contribution in [0.4, 0.5) is 0 Å². The van der Waals surface area contributed by atoms with E-state index in [9.17, 15) is 5.11 Å². The van der Waals surface area contributed by atoms with Crippen LogP contribution in [0.3, 0.4) is 0 Å². The van der Waals surface area contributed by atoms with Crippen LogP contribution < -0.4 is 5.32 Å². The molecule has 210 valence electrons. The van der Waals surface area contributed by atoms with E-state index in [1.54, 1.807) is 5.57 Å². The summed E-state index contributed by atoms with van der Waals surface area (Å²) < 4.78 is 13.1. The average molecular weight is 531 g/mol. The van der Waals surface area contributed by atoms with Gasteiger partial charge in [0.25, 0.3) is 0 Å². The number of nitrogens with zero attached hydrogens (tertiary/aromatic N) is 1. The highest BCUT2D eigenvalue weighted by atomic mass is 16.5. The molecule has 0 radical (unpaired) electrons. The third-order valence-electron chi connectivity index (χ3n) is 9.66. The van der Waals surface area contributed by atoms with E-state index in [1.807, 2.05) is 6.08 Å². The molecule has 4 aliphatic carbocycles. The van der Waals surface area contributed by atoms with Gasteiger partial charge in [-0.2, -0.15) is 0 Å². The van der Waals surface area contributed by atoms with Crippen molar-refractivity contribution in [2.45, 2.75) is 109 Å². The molecule has 0 aromatic heterocycles. The highest BCUT2D eigenvalue weighted by Gasteiger charge is 2.42. The Morgan fingerprint density at radius 2 is 2.03 bits per heavy atom. The number of allylic oxidation sites excluding steroid dienone is 6. The zero-order valence-corrected chi connectivity index (χ0v) is 23.8. The third-order valence-corrected chi connectivity index (χ3v) is 9.66. The molecule has 5 nitrogen and oxygen atoms in total. The molecule has 39 heavy (non-hydrogen) atoms. The van der Waals surface area contributed by atoms with Gasteiger partial charge in [0.2, 0.25) is 0 Å². The van der Waals surface area contributed by atoms with Gasteiger partial charge < -0.3 is 19.9 Å². The van der Waals surface area contributed by atoms with E-state index in [-0.39, 0.29) is 24.3 Å². The van der Waals surface area contributed by atoms with E-state index < -0.39 is 6.10 Å². The van der Waals surface area contributed by atoms with Crippen molar-refractivity contribution in [2.24, 2.45) is 22.7 Å². The van der Waals surface area contributed by atoms with Crippen LogP contribution in [0.15, 0.2) is 75.6 Å². The largest absolute Gasteiger partial charge is 0.485 e. The first-order chi connectivity index (χ1) is 19.1. The molecule has 0 bridgehead atoms. The van der Waals surface area contributed by atoms with Crippen molar-refractivity contribution in [3.05, 3.63) is 70.6 Å². The Balaban J connectivity index is 1.23. The molecule has 0 fully saturated rings. The van der Waals surface area contributed by atoms with Crippen molar-refractivity contribution in [3.8, 4) is 0 Å². The van der Waals surface area contributed by atoms with Gasteiger partial charge in [-0.15, -0.1) is 0 Å². The van der Waals surface area contributed by atoms with Crippen LogP contribution in [0.5, 0.6) is 0 Å². The Kier molecular flexibility index (Phi) is 8.27. The molecule has 0 spiro atoms. The van der Waals surface area contributed by atoms with Crippen molar-refractivity contribution >= 4 is 5.84 Å². The van der Waals surface area contributed by atoms with E-state index in [1.165, 1.54) is 36.0 Å². The highest BCUT2D eigenvalue weighted by Crippen LogP contribution is 2.48. The molecule has 7 atom stereocenters. The fourth-order valence-electron chi connectivity index (χ4n) is 7.28. The first-order valence-electron chi connectivity index (χ1n) is 15.6. The Labute approximate surface area is 234 Å². The average Bonchev–Trinajstić information content (AvgIpc) is 3.36. The Hall–Kier alpha value is -2.37. The third kappa shape index (κ3) is 5.63. The van der Waals surface area contributed by atoms with Crippen LogP contribution in [0.25, 0.3) is 0 Å². The van der Waals surface area contributed by atoms with Crippen LogP contribution in [0, 0.1) is 17.8 Å². The summed E-state index contributed by atoms with van der Waals surface area (Å²) in [4.78, 5) is 5.25. The molecular weight excluding hydrogens is 484 g/mol. The highest BCUT2D eigenvalue weighted by molar-refractivity contribution is 5.86. The molecule has 7 unspecified atom stereocenters. The number of rotatable bonds is 9. The van der Waals surface area contributed by atoms with Gasteiger partial charge in [0.1, 0.15) is 23.9 Å². The van der Waals surface area contributed by atoms with E-state index >= 15 is 0 Å². The van der Waals surface area contributed by atoms with Crippen LogP contribution in [-0.2, 0) is 9.47 Å². The van der Waals surface area contributed by atoms with Crippen LogP contribution in [-0.4, -0.2) is 42.0 Å². The van der Waals surface area contributed by atoms with Crippen molar-refractivity contribution < 1.29 is 14.6 Å². The Bertz CT molecular complexity index is 1140. The molecular formula is C34H46N2O3. The summed E-state index contributed by atoms with van der Waals surface area (Å²) in [6.07, 6.45) is 26.9. The fraction of sp³-hybridized carbons (Fsp3) is 0.618. The summed E-state index contributed by atoms with van der Waals surface area (Å²) in [6, 6.07) is 0.0586. The van der Waals surface area contributed by atoms with Crippen LogP contribution in [0.1, 0.15) is 84.5 Å². The summed E-state index contributed by atoms with van der Waals surface area (Å²) in [6.45, 7) is 5.31. The van der Waals surface area contributed by atoms with Gasteiger partial charge in [0.05, 0.1) is 18.8 Å². The first-order valence-corrected chi connectivity index (χ1v) is 15.6. The topological polar surface area (TPSA) is 63.1 Å². The maximum atomic E-state index is 10.8. The number of aliphatic imine (C=N–C) groups is 1. The number of nitrogens with one attached hydrogen (secondary N) is 1. The minimum atomic E-state index is -0.493. The van der Waals surface area contributed by atoms with Gasteiger partial charge in [0.15, 0.2) is 0 Å². The molecule has 0 aromatic rings. The summed E-state index contributed by atoms with van der Waals surface area (Å²) in [5, 5.41) is 14.4. The lowest BCUT2D eigenvalue weighted by Gasteiger charge is -2.36. The second kappa shape index (κ2) is 12.0. The standard InChI is InChI=1S/C34H46N2O3/c1-3-5-10-22(4-2)21-38-32-20-28(35-34(36-32)26-13-8-9-14-29(26)37)24-15-17-27-31(19-24)39-30-18-16-23-11-6-7-12-25(23)33(27)30/h6,9,11,14,16,18-19,22,26,28-30,32-33,37H,3-5,7-8,10,12-13,15,17,20-21H2,1-2H3,(H,35,36). The SMILES string of the molecule is CCCCC(CC)COC1CC(C2=CC3=C(CC2)C2C4=C(C=CCC4)C=CC2O3)N=C(C2CCC=CC2O)N1. The minimum Gasteiger partial charge on any atom is -0.485 e. The lowest BCUT2D eigenvalue weighted by atomic mass is 9.74. The molecule has 2 aliphatic heterocycles. The molecule has 0 amide bonds. The molecule has 0 saturated carbocycles. The van der Waals surface area contributed by atoms with E-state index in [4.69, 9.17) is 14.5 Å². The van der Waals surface area contributed by atoms with Gasteiger partial charge in [-0.3, -0.25) is 4.99 Å². The van der Waals surface area contributed by atoms with Crippen LogP contribution >= 0.6 is 0 Å². The summed E-state index contributed by atoms with van der Waals surface area (Å²) >= 11 is 0. The molecule has 6 rings (SSSR count). The number of aliphatic hydroxyl groups is 1. The molecule has 6 aliphatic rings. The van der Waals surface area contributed by atoms with Gasteiger partial charge >= 0.3 is 0 Å². The van der Waals surface area contributed by atoms with Crippen LogP contribution in [0.2, 0.25) is 0 Å². The number of unbranched alkanes of at least 4 members (excludes halogenated alkanes) is 1.